The molecule has 0 amide bonds. The minimum atomic E-state index is -0.963. The Morgan fingerprint density at radius 3 is 2.67 bits per heavy atom. The number of nitrogens with zero attached hydrogens (tertiary/aromatic N) is 2. The smallest absolute Gasteiger partial charge is 0.337 e. The van der Waals surface area contributed by atoms with E-state index in [0.717, 1.165) is 27.1 Å². The van der Waals surface area contributed by atoms with Crippen LogP contribution >= 0.6 is 15.9 Å². The molecule has 0 saturated carbocycles. The van der Waals surface area contributed by atoms with Crippen molar-refractivity contribution in [1.29, 1.82) is 0 Å². The standard InChI is InChI=1S/C16H13BrN2O2/c1-9-6-7-11(8-13(9)17)19-10(2)18-15-12(16(20)21)4-3-5-14(15)19/h3-8H,1-2H3,(H,20,21). The van der Waals surface area contributed by atoms with Gasteiger partial charge in [-0.15, -0.1) is 0 Å². The van der Waals surface area contributed by atoms with Crippen LogP contribution < -0.4 is 0 Å². The zero-order chi connectivity index (χ0) is 15.1. The molecule has 3 aromatic rings. The van der Waals surface area contributed by atoms with Gasteiger partial charge in [0.1, 0.15) is 11.3 Å². The summed E-state index contributed by atoms with van der Waals surface area (Å²) >= 11 is 3.53. The van der Waals surface area contributed by atoms with Crippen LogP contribution in [0.2, 0.25) is 0 Å². The Bertz CT molecular complexity index is 868. The lowest BCUT2D eigenvalue weighted by Gasteiger charge is -2.09. The molecule has 1 N–H and O–H groups in total. The van der Waals surface area contributed by atoms with Crippen LogP contribution in [0.5, 0.6) is 0 Å². The molecule has 0 bridgehead atoms. The van der Waals surface area contributed by atoms with Crippen molar-refractivity contribution in [2.24, 2.45) is 0 Å². The van der Waals surface area contributed by atoms with E-state index in [-0.39, 0.29) is 5.56 Å². The normalized spacial score (nSPS) is 11.0. The molecule has 0 aliphatic heterocycles. The van der Waals surface area contributed by atoms with E-state index in [2.05, 4.69) is 20.9 Å². The molecule has 0 atom stereocenters. The molecule has 0 saturated heterocycles. The van der Waals surface area contributed by atoms with Gasteiger partial charge < -0.3 is 5.11 Å². The van der Waals surface area contributed by atoms with Crippen LogP contribution in [-0.2, 0) is 0 Å². The molecule has 1 heterocycles. The Kier molecular flexibility index (Phi) is 3.29. The van der Waals surface area contributed by atoms with E-state index in [9.17, 15) is 9.90 Å². The number of carbonyl (C=O) groups is 1. The first-order chi connectivity index (χ1) is 9.99. The maximum absolute atomic E-state index is 11.3. The van der Waals surface area contributed by atoms with Gasteiger partial charge in [-0.05, 0) is 43.7 Å². The van der Waals surface area contributed by atoms with E-state index in [1.54, 1.807) is 12.1 Å². The summed E-state index contributed by atoms with van der Waals surface area (Å²) in [6, 6.07) is 11.2. The van der Waals surface area contributed by atoms with Gasteiger partial charge in [0, 0.05) is 10.2 Å². The van der Waals surface area contributed by atoms with Gasteiger partial charge in [-0.1, -0.05) is 28.1 Å². The van der Waals surface area contributed by atoms with Gasteiger partial charge in [0.2, 0.25) is 0 Å². The van der Waals surface area contributed by atoms with Crippen LogP contribution in [0.4, 0.5) is 0 Å². The monoisotopic (exact) mass is 344 g/mol. The van der Waals surface area contributed by atoms with Gasteiger partial charge in [-0.25, -0.2) is 9.78 Å². The molecule has 0 radical (unpaired) electrons. The Labute approximate surface area is 130 Å². The van der Waals surface area contributed by atoms with E-state index in [1.807, 2.05) is 42.7 Å². The summed E-state index contributed by atoms with van der Waals surface area (Å²) < 4.78 is 2.97. The fourth-order valence-electron chi connectivity index (χ4n) is 2.43. The minimum Gasteiger partial charge on any atom is -0.478 e. The third-order valence-electron chi connectivity index (χ3n) is 3.50. The summed E-state index contributed by atoms with van der Waals surface area (Å²) in [5, 5.41) is 9.28. The molecule has 0 spiro atoms. The molecule has 0 unspecified atom stereocenters. The summed E-state index contributed by atoms with van der Waals surface area (Å²) in [6.45, 7) is 3.90. The Hall–Kier alpha value is -2.14. The van der Waals surface area contributed by atoms with E-state index < -0.39 is 5.97 Å². The van der Waals surface area contributed by atoms with Crippen LogP contribution in [0.1, 0.15) is 21.7 Å². The molecule has 2 aromatic carbocycles. The number of benzene rings is 2. The lowest BCUT2D eigenvalue weighted by atomic mass is 10.2. The third-order valence-corrected chi connectivity index (χ3v) is 4.35. The summed E-state index contributed by atoms with van der Waals surface area (Å²) in [5.74, 6) is -0.204. The number of carboxylic acid groups (broad SMARTS) is 1. The van der Waals surface area contributed by atoms with Crippen LogP contribution in [0.15, 0.2) is 40.9 Å². The van der Waals surface area contributed by atoms with Gasteiger partial charge in [-0.3, -0.25) is 4.57 Å². The molecule has 1 aromatic heterocycles. The van der Waals surface area contributed by atoms with Crippen molar-refractivity contribution in [1.82, 2.24) is 9.55 Å². The maximum atomic E-state index is 11.3. The number of para-hydroxylation sites is 1. The SMILES string of the molecule is Cc1ccc(-n2c(C)nc3c(C(=O)O)cccc32)cc1Br. The van der Waals surface area contributed by atoms with Gasteiger partial charge in [-0.2, -0.15) is 0 Å². The van der Waals surface area contributed by atoms with Crippen molar-refractivity contribution in [2.45, 2.75) is 13.8 Å². The van der Waals surface area contributed by atoms with E-state index in [1.165, 1.54) is 0 Å². The number of fused-ring (bicyclic) bond motifs is 1. The second-order valence-corrected chi connectivity index (χ2v) is 5.76. The van der Waals surface area contributed by atoms with Crippen molar-refractivity contribution in [3.8, 4) is 5.69 Å². The van der Waals surface area contributed by atoms with Crippen LogP contribution in [0.3, 0.4) is 0 Å². The van der Waals surface area contributed by atoms with E-state index in [4.69, 9.17) is 0 Å². The molecule has 4 nitrogen and oxygen atoms in total. The lowest BCUT2D eigenvalue weighted by Crippen LogP contribution is -1.99. The van der Waals surface area contributed by atoms with Crippen LogP contribution in [0, 0.1) is 13.8 Å². The van der Waals surface area contributed by atoms with Crippen molar-refractivity contribution in [3.05, 3.63) is 57.8 Å². The second-order valence-electron chi connectivity index (χ2n) is 4.91. The Balaban J connectivity index is 2.32. The maximum Gasteiger partial charge on any atom is 0.337 e. The first-order valence-corrected chi connectivity index (χ1v) is 7.26. The van der Waals surface area contributed by atoms with Gasteiger partial charge in [0.25, 0.3) is 0 Å². The average Bonchev–Trinajstić information content (AvgIpc) is 2.77. The van der Waals surface area contributed by atoms with Gasteiger partial charge >= 0.3 is 5.97 Å². The predicted octanol–water partition coefficient (Wildman–Crippen LogP) is 4.10. The highest BCUT2D eigenvalue weighted by atomic mass is 79.9. The quantitative estimate of drug-likeness (QED) is 0.761. The van der Waals surface area contributed by atoms with Crippen LogP contribution in [0.25, 0.3) is 16.7 Å². The summed E-state index contributed by atoms with van der Waals surface area (Å²) in [5.41, 5.74) is 3.63. The molecule has 5 heteroatoms. The number of rotatable bonds is 2. The molecule has 21 heavy (non-hydrogen) atoms. The van der Waals surface area contributed by atoms with E-state index >= 15 is 0 Å². The summed E-state index contributed by atoms with van der Waals surface area (Å²) in [4.78, 5) is 15.7. The first kappa shape index (κ1) is 13.8. The van der Waals surface area contributed by atoms with Gasteiger partial charge in [0.05, 0.1) is 11.1 Å². The van der Waals surface area contributed by atoms with Crippen molar-refractivity contribution < 1.29 is 9.90 Å². The number of aromatic carboxylic acids is 1. The largest absolute Gasteiger partial charge is 0.478 e. The van der Waals surface area contributed by atoms with E-state index in [0.29, 0.717) is 5.52 Å². The van der Waals surface area contributed by atoms with Crippen molar-refractivity contribution >= 4 is 32.9 Å². The Morgan fingerprint density at radius 2 is 2.00 bits per heavy atom. The second kappa shape index (κ2) is 5.00. The number of carboxylic acids is 1. The number of hydrogen-bond acceptors (Lipinski definition) is 2. The highest BCUT2D eigenvalue weighted by molar-refractivity contribution is 9.10. The highest BCUT2D eigenvalue weighted by Gasteiger charge is 2.16. The van der Waals surface area contributed by atoms with Crippen molar-refractivity contribution in [2.75, 3.05) is 0 Å². The highest BCUT2D eigenvalue weighted by Crippen LogP contribution is 2.26. The minimum absolute atomic E-state index is 0.223. The molecule has 0 aliphatic carbocycles. The van der Waals surface area contributed by atoms with Crippen molar-refractivity contribution in [3.63, 3.8) is 0 Å². The zero-order valence-corrected chi connectivity index (χ0v) is 13.2. The number of hydrogen-bond donors (Lipinski definition) is 1. The molecule has 0 aliphatic rings. The molecule has 106 valence electrons. The van der Waals surface area contributed by atoms with Crippen LogP contribution in [-0.4, -0.2) is 20.6 Å². The topological polar surface area (TPSA) is 55.1 Å². The zero-order valence-electron chi connectivity index (χ0n) is 11.6. The predicted molar refractivity (Wildman–Crippen MR) is 85.2 cm³/mol. The molecular formula is C16H13BrN2O2. The number of aromatic nitrogens is 2. The van der Waals surface area contributed by atoms with Gasteiger partial charge in [0.15, 0.2) is 0 Å². The molecular weight excluding hydrogens is 332 g/mol. The fourth-order valence-corrected chi connectivity index (χ4v) is 2.80. The number of imidazole rings is 1. The summed E-state index contributed by atoms with van der Waals surface area (Å²) in [7, 11) is 0. The number of aryl methyl sites for hydroxylation is 2. The molecule has 0 fully saturated rings. The Morgan fingerprint density at radius 1 is 1.24 bits per heavy atom. The first-order valence-electron chi connectivity index (χ1n) is 6.47. The third kappa shape index (κ3) is 2.23. The average molecular weight is 345 g/mol. The molecule has 3 rings (SSSR count). The fraction of sp³-hybridized carbons (Fsp3) is 0.125. The lowest BCUT2D eigenvalue weighted by molar-refractivity contribution is 0.0699. The number of halogens is 1. The summed E-state index contributed by atoms with van der Waals surface area (Å²) in [6.07, 6.45) is 0.